The fourth-order valence-electron chi connectivity index (χ4n) is 1.55. The minimum absolute atomic E-state index is 0.370. The van der Waals surface area contributed by atoms with E-state index < -0.39 is 0 Å². The van der Waals surface area contributed by atoms with Crippen LogP contribution in [-0.2, 0) is 11.3 Å². The maximum absolute atomic E-state index is 6.12. The number of rotatable bonds is 4. The van der Waals surface area contributed by atoms with Gasteiger partial charge in [0.1, 0.15) is 11.5 Å². The first kappa shape index (κ1) is 14.2. The van der Waals surface area contributed by atoms with Crippen LogP contribution < -0.4 is 5.32 Å². The topological polar surface area (TPSA) is 59.9 Å². The molecular weight excluding hydrogens is 332 g/mol. The zero-order valence-electron chi connectivity index (χ0n) is 10.4. The van der Waals surface area contributed by atoms with Crippen LogP contribution in [0.5, 0.6) is 0 Å². The molecule has 7 heteroatoms. The third-order valence-electron chi connectivity index (χ3n) is 2.41. The molecule has 100 valence electrons. The van der Waals surface area contributed by atoms with Crippen LogP contribution in [0.1, 0.15) is 5.69 Å². The molecule has 2 rings (SSSR count). The van der Waals surface area contributed by atoms with E-state index in [0.29, 0.717) is 29.0 Å². The molecule has 0 unspecified atom stereocenters. The van der Waals surface area contributed by atoms with Crippen molar-refractivity contribution in [2.75, 3.05) is 19.5 Å². The molecule has 0 bridgehead atoms. The maximum Gasteiger partial charge on any atom is 0.182 e. The van der Waals surface area contributed by atoms with Crippen molar-refractivity contribution in [1.29, 1.82) is 0 Å². The number of nitrogens with zero attached hydrogens (tertiary/aromatic N) is 3. The fraction of sp³-hybridized carbons (Fsp3) is 0.250. The van der Waals surface area contributed by atoms with Crippen LogP contribution in [0.15, 0.2) is 22.8 Å². The Morgan fingerprint density at radius 2 is 2.21 bits per heavy atom. The van der Waals surface area contributed by atoms with Gasteiger partial charge in [-0.1, -0.05) is 11.6 Å². The van der Waals surface area contributed by atoms with Crippen molar-refractivity contribution >= 4 is 33.3 Å². The highest BCUT2D eigenvalue weighted by Crippen LogP contribution is 2.29. The molecule has 0 radical (unpaired) electrons. The highest BCUT2D eigenvalue weighted by Gasteiger charge is 2.15. The third kappa shape index (κ3) is 3.02. The van der Waals surface area contributed by atoms with Crippen molar-refractivity contribution < 1.29 is 4.74 Å². The molecule has 2 aromatic heterocycles. The number of anilines is 1. The Labute approximate surface area is 124 Å². The van der Waals surface area contributed by atoms with Gasteiger partial charge in [0.25, 0.3) is 0 Å². The van der Waals surface area contributed by atoms with E-state index >= 15 is 0 Å². The third-order valence-corrected chi connectivity index (χ3v) is 3.55. The Kier molecular flexibility index (Phi) is 4.68. The summed E-state index contributed by atoms with van der Waals surface area (Å²) in [7, 11) is 3.40. The van der Waals surface area contributed by atoms with Crippen molar-refractivity contribution in [3.8, 4) is 11.5 Å². The van der Waals surface area contributed by atoms with Gasteiger partial charge in [-0.2, -0.15) is 0 Å². The largest absolute Gasteiger partial charge is 0.378 e. The smallest absolute Gasteiger partial charge is 0.182 e. The monoisotopic (exact) mass is 342 g/mol. The fourth-order valence-corrected chi connectivity index (χ4v) is 2.24. The second-order valence-corrected chi connectivity index (χ2v) is 4.87. The first-order chi connectivity index (χ1) is 9.17. The molecule has 0 spiro atoms. The molecule has 0 atom stereocenters. The Morgan fingerprint density at radius 3 is 2.84 bits per heavy atom. The van der Waals surface area contributed by atoms with Gasteiger partial charge in [0.2, 0.25) is 0 Å². The number of pyridine rings is 1. The van der Waals surface area contributed by atoms with Gasteiger partial charge in [0.05, 0.1) is 21.8 Å². The molecule has 0 saturated heterocycles. The molecule has 0 aromatic carbocycles. The summed E-state index contributed by atoms with van der Waals surface area (Å²) in [6, 6.07) is 3.52. The summed E-state index contributed by atoms with van der Waals surface area (Å²) in [4.78, 5) is 13.0. The molecular formula is C12H12BrClN4O. The van der Waals surface area contributed by atoms with Crippen molar-refractivity contribution in [2.45, 2.75) is 6.61 Å². The van der Waals surface area contributed by atoms with E-state index in [1.807, 2.05) is 0 Å². The quantitative estimate of drug-likeness (QED) is 0.924. The van der Waals surface area contributed by atoms with Crippen molar-refractivity contribution in [3.63, 3.8) is 0 Å². The zero-order chi connectivity index (χ0) is 13.8. The van der Waals surface area contributed by atoms with Gasteiger partial charge in [-0.25, -0.2) is 9.97 Å². The maximum atomic E-state index is 6.12. The molecule has 2 aromatic rings. The highest BCUT2D eigenvalue weighted by molar-refractivity contribution is 9.10. The van der Waals surface area contributed by atoms with E-state index in [2.05, 4.69) is 36.2 Å². The Hall–Kier alpha value is -1.24. The Morgan fingerprint density at radius 1 is 1.42 bits per heavy atom. The molecule has 0 aliphatic rings. The van der Waals surface area contributed by atoms with Crippen LogP contribution in [0.2, 0.25) is 5.02 Å². The lowest BCUT2D eigenvalue weighted by molar-refractivity contribution is 0.181. The zero-order valence-corrected chi connectivity index (χ0v) is 12.8. The second kappa shape index (κ2) is 6.27. The van der Waals surface area contributed by atoms with Crippen LogP contribution in [0.4, 0.5) is 5.82 Å². The SMILES string of the molecule is CNc1nc(-c2ncccc2Cl)nc(COC)c1Br. The average molecular weight is 344 g/mol. The molecule has 0 aliphatic heterocycles. The van der Waals surface area contributed by atoms with Gasteiger partial charge >= 0.3 is 0 Å². The standard InChI is InChI=1S/C12H12BrClN4O/c1-15-11-9(13)8(6-19-2)17-12(18-11)10-7(14)4-3-5-16-10/h3-5H,6H2,1-2H3,(H,15,17,18). The van der Waals surface area contributed by atoms with Gasteiger partial charge in [-0.05, 0) is 28.1 Å². The van der Waals surface area contributed by atoms with Crippen molar-refractivity contribution in [2.24, 2.45) is 0 Å². The average Bonchev–Trinajstić information content (AvgIpc) is 2.42. The number of hydrogen-bond donors (Lipinski definition) is 1. The molecule has 0 amide bonds. The first-order valence-electron chi connectivity index (χ1n) is 5.51. The minimum Gasteiger partial charge on any atom is -0.378 e. The molecule has 19 heavy (non-hydrogen) atoms. The van der Waals surface area contributed by atoms with Crippen molar-refractivity contribution in [3.05, 3.63) is 33.5 Å². The summed E-state index contributed by atoms with van der Waals surface area (Å²) in [5, 5.41) is 3.51. The molecule has 0 fully saturated rings. The highest BCUT2D eigenvalue weighted by atomic mass is 79.9. The summed E-state index contributed by atoms with van der Waals surface area (Å²) >= 11 is 9.56. The van der Waals surface area contributed by atoms with Gasteiger partial charge in [0.15, 0.2) is 5.82 Å². The Balaban J connectivity index is 2.58. The van der Waals surface area contributed by atoms with E-state index in [-0.39, 0.29) is 0 Å². The van der Waals surface area contributed by atoms with Crippen LogP contribution in [0.3, 0.4) is 0 Å². The van der Waals surface area contributed by atoms with E-state index in [9.17, 15) is 0 Å². The summed E-state index contributed by atoms with van der Waals surface area (Å²) < 4.78 is 5.90. The number of halogens is 2. The summed E-state index contributed by atoms with van der Waals surface area (Å²) in [5.74, 6) is 1.13. The number of ether oxygens (including phenoxy) is 1. The molecule has 2 heterocycles. The van der Waals surface area contributed by atoms with Gasteiger partial charge in [0, 0.05) is 20.4 Å². The minimum atomic E-state index is 0.370. The predicted molar refractivity (Wildman–Crippen MR) is 78.2 cm³/mol. The van der Waals surface area contributed by atoms with Gasteiger partial charge < -0.3 is 10.1 Å². The number of hydrogen-bond acceptors (Lipinski definition) is 5. The Bertz CT molecular complexity index is 594. The summed E-state index contributed by atoms with van der Waals surface area (Å²) in [5.41, 5.74) is 1.28. The molecule has 5 nitrogen and oxygen atoms in total. The molecule has 0 saturated carbocycles. The van der Waals surface area contributed by atoms with Gasteiger partial charge in [-0.3, -0.25) is 4.98 Å². The van der Waals surface area contributed by atoms with E-state index in [1.165, 1.54) is 0 Å². The van der Waals surface area contributed by atoms with Crippen LogP contribution >= 0.6 is 27.5 Å². The summed E-state index contributed by atoms with van der Waals surface area (Å²) in [6.45, 7) is 0.370. The lowest BCUT2D eigenvalue weighted by Gasteiger charge is -2.10. The van der Waals surface area contributed by atoms with E-state index in [0.717, 1.165) is 10.2 Å². The van der Waals surface area contributed by atoms with Gasteiger partial charge in [-0.15, -0.1) is 0 Å². The molecule has 1 N–H and O–H groups in total. The number of methoxy groups -OCH3 is 1. The number of nitrogens with one attached hydrogen (secondary N) is 1. The van der Waals surface area contributed by atoms with E-state index in [4.69, 9.17) is 16.3 Å². The summed E-state index contributed by atoms with van der Waals surface area (Å²) in [6.07, 6.45) is 1.65. The van der Waals surface area contributed by atoms with Crippen LogP contribution in [-0.4, -0.2) is 29.1 Å². The molecule has 0 aliphatic carbocycles. The van der Waals surface area contributed by atoms with Crippen molar-refractivity contribution in [1.82, 2.24) is 15.0 Å². The van der Waals surface area contributed by atoms with Crippen LogP contribution in [0, 0.1) is 0 Å². The predicted octanol–water partition coefficient (Wildman–Crippen LogP) is 3.14. The lowest BCUT2D eigenvalue weighted by Crippen LogP contribution is -2.05. The number of aromatic nitrogens is 3. The normalized spacial score (nSPS) is 10.5. The van der Waals surface area contributed by atoms with E-state index in [1.54, 1.807) is 32.5 Å². The lowest BCUT2D eigenvalue weighted by atomic mass is 10.3. The van der Waals surface area contributed by atoms with Crippen LogP contribution in [0.25, 0.3) is 11.5 Å². The second-order valence-electron chi connectivity index (χ2n) is 3.67. The first-order valence-corrected chi connectivity index (χ1v) is 6.68.